The predicted molar refractivity (Wildman–Crippen MR) is 98.9 cm³/mol. The highest BCUT2D eigenvalue weighted by atomic mass is 32.2. The molecule has 2 aromatic rings. The Morgan fingerprint density at radius 2 is 1.58 bits per heavy atom. The summed E-state index contributed by atoms with van der Waals surface area (Å²) in [5.41, 5.74) is 7.19. The summed E-state index contributed by atoms with van der Waals surface area (Å²) in [4.78, 5) is 24.0. The number of sulfone groups is 1. The smallest absolute Gasteiger partial charge is 0.269 e. The molecule has 3 rings (SSSR count). The van der Waals surface area contributed by atoms with E-state index >= 15 is 0 Å². The van der Waals surface area contributed by atoms with Crippen LogP contribution in [0.4, 0.5) is 0 Å². The maximum Gasteiger partial charge on any atom is 0.269 e. The molecule has 0 aromatic heterocycles. The van der Waals surface area contributed by atoms with Crippen molar-refractivity contribution in [2.75, 3.05) is 11.5 Å². The van der Waals surface area contributed by atoms with Crippen LogP contribution < -0.4 is 10.9 Å². The van der Waals surface area contributed by atoms with E-state index in [9.17, 15) is 18.0 Å². The van der Waals surface area contributed by atoms with Crippen LogP contribution >= 0.6 is 0 Å². The van der Waals surface area contributed by atoms with Crippen LogP contribution in [-0.4, -0.2) is 31.7 Å². The second-order valence-corrected chi connectivity index (χ2v) is 8.65. The van der Waals surface area contributed by atoms with Crippen LogP contribution in [0.3, 0.4) is 0 Å². The highest BCUT2D eigenvalue weighted by Gasteiger charge is 2.29. The minimum atomic E-state index is -3.01. The number of nitrogens with one attached hydrogen (secondary N) is 2. The zero-order valence-electron chi connectivity index (χ0n) is 14.1. The number of carbonyl (C=O) groups is 2. The molecule has 2 amide bonds. The van der Waals surface area contributed by atoms with E-state index in [2.05, 4.69) is 10.9 Å². The molecule has 0 spiro atoms. The molecule has 6 nitrogen and oxygen atoms in total. The third-order valence-corrected chi connectivity index (χ3v) is 6.21. The highest BCUT2D eigenvalue weighted by molar-refractivity contribution is 7.91. The van der Waals surface area contributed by atoms with E-state index in [0.717, 1.165) is 11.1 Å². The third kappa shape index (κ3) is 4.70. The first-order valence-corrected chi connectivity index (χ1v) is 10.2. The molecular weight excluding hydrogens is 352 g/mol. The van der Waals surface area contributed by atoms with Gasteiger partial charge in [-0.05, 0) is 35.6 Å². The number of hydrogen-bond donors (Lipinski definition) is 2. The second kappa shape index (κ2) is 7.70. The second-order valence-electron chi connectivity index (χ2n) is 6.42. The van der Waals surface area contributed by atoms with Crippen molar-refractivity contribution < 1.29 is 18.0 Å². The Morgan fingerprint density at radius 3 is 2.19 bits per heavy atom. The van der Waals surface area contributed by atoms with Gasteiger partial charge in [0.1, 0.15) is 0 Å². The predicted octanol–water partition coefficient (Wildman–Crippen LogP) is 1.94. The zero-order chi connectivity index (χ0) is 18.6. The fourth-order valence-corrected chi connectivity index (χ4v) is 4.85. The van der Waals surface area contributed by atoms with E-state index in [1.165, 1.54) is 0 Å². The van der Waals surface area contributed by atoms with Crippen LogP contribution in [0.2, 0.25) is 0 Å². The number of hydrogen-bond acceptors (Lipinski definition) is 4. The maximum atomic E-state index is 12.1. The van der Waals surface area contributed by atoms with E-state index in [0.29, 0.717) is 12.0 Å². The summed E-state index contributed by atoms with van der Waals surface area (Å²) in [7, 11) is -3.01. The lowest BCUT2D eigenvalue weighted by atomic mass is 10.0. The monoisotopic (exact) mass is 372 g/mol. The van der Waals surface area contributed by atoms with Crippen molar-refractivity contribution in [2.24, 2.45) is 5.92 Å². The molecule has 1 aliphatic heterocycles. The van der Waals surface area contributed by atoms with Crippen LogP contribution in [0.15, 0.2) is 54.6 Å². The molecule has 0 unspecified atom stereocenters. The first-order valence-electron chi connectivity index (χ1n) is 8.38. The topological polar surface area (TPSA) is 92.3 Å². The Bertz CT molecular complexity index is 893. The molecule has 7 heteroatoms. The molecule has 26 heavy (non-hydrogen) atoms. The van der Waals surface area contributed by atoms with Gasteiger partial charge in [0.15, 0.2) is 9.84 Å². The first kappa shape index (κ1) is 18.1. The van der Waals surface area contributed by atoms with Crippen molar-refractivity contribution in [1.29, 1.82) is 0 Å². The molecule has 1 heterocycles. The van der Waals surface area contributed by atoms with Gasteiger partial charge in [0.25, 0.3) is 5.91 Å². The Balaban J connectivity index is 1.51. The molecule has 0 bridgehead atoms. The van der Waals surface area contributed by atoms with Crippen LogP contribution in [0, 0.1) is 5.92 Å². The molecule has 136 valence electrons. The standard InChI is InChI=1S/C19H20N2O4S/c22-18(12-14-10-11-26(24,25)13-14)20-21-19(23)17-8-6-16(7-9-17)15-4-2-1-3-5-15/h1-9,14H,10-13H2,(H,20,22)(H,21,23)/t14-/m1/s1. The van der Waals surface area contributed by atoms with Crippen LogP contribution in [0.1, 0.15) is 23.2 Å². The summed E-state index contributed by atoms with van der Waals surface area (Å²) >= 11 is 0. The third-order valence-electron chi connectivity index (χ3n) is 4.37. The van der Waals surface area contributed by atoms with Gasteiger partial charge in [-0.1, -0.05) is 42.5 Å². The molecule has 2 aromatic carbocycles. The molecule has 2 N–H and O–H groups in total. The lowest BCUT2D eigenvalue weighted by molar-refractivity contribution is -0.122. The normalized spacial score (nSPS) is 18.2. The van der Waals surface area contributed by atoms with Crippen molar-refractivity contribution in [3.05, 3.63) is 60.2 Å². The van der Waals surface area contributed by atoms with Gasteiger partial charge < -0.3 is 0 Å². The van der Waals surface area contributed by atoms with Gasteiger partial charge in [-0.3, -0.25) is 20.4 Å². The fraction of sp³-hybridized carbons (Fsp3) is 0.263. The first-order chi connectivity index (χ1) is 12.4. The number of carbonyl (C=O) groups excluding carboxylic acids is 2. The van der Waals surface area contributed by atoms with Gasteiger partial charge >= 0.3 is 0 Å². The van der Waals surface area contributed by atoms with Gasteiger partial charge in [0, 0.05) is 12.0 Å². The summed E-state index contributed by atoms with van der Waals surface area (Å²) in [6, 6.07) is 16.9. The number of hydrazine groups is 1. The van der Waals surface area contributed by atoms with Crippen molar-refractivity contribution >= 4 is 21.7 Å². The Kier molecular flexibility index (Phi) is 5.37. The molecule has 0 radical (unpaired) electrons. The Labute approximate surface area is 152 Å². The number of amides is 2. The van der Waals surface area contributed by atoms with E-state index < -0.39 is 15.7 Å². The average molecular weight is 372 g/mol. The van der Waals surface area contributed by atoms with E-state index in [4.69, 9.17) is 0 Å². The van der Waals surface area contributed by atoms with Crippen molar-refractivity contribution in [3.8, 4) is 11.1 Å². The van der Waals surface area contributed by atoms with Crippen LogP contribution in [-0.2, 0) is 14.6 Å². The minimum absolute atomic E-state index is 0.0370. The van der Waals surface area contributed by atoms with E-state index in [-0.39, 0.29) is 29.8 Å². The van der Waals surface area contributed by atoms with Crippen LogP contribution in [0.5, 0.6) is 0 Å². The molecule has 0 aliphatic carbocycles. The van der Waals surface area contributed by atoms with E-state index in [1.807, 2.05) is 42.5 Å². The van der Waals surface area contributed by atoms with Crippen molar-refractivity contribution in [3.63, 3.8) is 0 Å². The summed E-state index contributed by atoms with van der Waals surface area (Å²) in [5, 5.41) is 0. The van der Waals surface area contributed by atoms with Gasteiger partial charge in [0.05, 0.1) is 11.5 Å². The van der Waals surface area contributed by atoms with Gasteiger partial charge in [0.2, 0.25) is 5.91 Å². The van der Waals surface area contributed by atoms with E-state index in [1.54, 1.807) is 12.1 Å². The fourth-order valence-electron chi connectivity index (χ4n) is 2.99. The summed E-state index contributed by atoms with van der Waals surface area (Å²) in [6.45, 7) is 0. The Morgan fingerprint density at radius 1 is 0.923 bits per heavy atom. The van der Waals surface area contributed by atoms with Gasteiger partial charge in [-0.15, -0.1) is 0 Å². The number of rotatable bonds is 4. The Hall–Kier alpha value is -2.67. The molecular formula is C19H20N2O4S. The largest absolute Gasteiger partial charge is 0.273 e. The summed E-state index contributed by atoms with van der Waals surface area (Å²) in [6.07, 6.45) is 0.580. The van der Waals surface area contributed by atoms with Gasteiger partial charge in [-0.2, -0.15) is 0 Å². The summed E-state index contributed by atoms with van der Waals surface area (Å²) in [5.74, 6) is -0.819. The minimum Gasteiger partial charge on any atom is -0.273 e. The molecule has 0 saturated carbocycles. The molecule has 1 atom stereocenters. The van der Waals surface area contributed by atoms with Crippen LogP contribution in [0.25, 0.3) is 11.1 Å². The molecule has 1 aliphatic rings. The lowest BCUT2D eigenvalue weighted by Gasteiger charge is -2.10. The quantitative estimate of drug-likeness (QED) is 0.802. The summed E-state index contributed by atoms with van der Waals surface area (Å²) < 4.78 is 22.8. The zero-order valence-corrected chi connectivity index (χ0v) is 15.0. The lowest BCUT2D eigenvalue weighted by Crippen LogP contribution is -2.42. The average Bonchev–Trinajstić information content (AvgIpc) is 2.99. The maximum absolute atomic E-state index is 12.1. The molecule has 1 fully saturated rings. The van der Waals surface area contributed by atoms with Crippen molar-refractivity contribution in [2.45, 2.75) is 12.8 Å². The van der Waals surface area contributed by atoms with Gasteiger partial charge in [-0.25, -0.2) is 8.42 Å². The number of benzene rings is 2. The van der Waals surface area contributed by atoms with Crippen molar-refractivity contribution in [1.82, 2.24) is 10.9 Å². The SMILES string of the molecule is O=C(C[C@H]1CCS(=O)(=O)C1)NNC(=O)c1ccc(-c2ccccc2)cc1. The highest BCUT2D eigenvalue weighted by Crippen LogP contribution is 2.21. The molecule has 1 saturated heterocycles.